The van der Waals surface area contributed by atoms with E-state index in [2.05, 4.69) is 5.32 Å². The minimum atomic E-state index is -1.05. The molecule has 6 nitrogen and oxygen atoms in total. The Balaban J connectivity index is 1.63. The van der Waals surface area contributed by atoms with Crippen LogP contribution in [0, 0.1) is 6.92 Å². The fraction of sp³-hybridized carbons (Fsp3) is 0.267. The zero-order valence-corrected chi connectivity index (χ0v) is 11.5. The summed E-state index contributed by atoms with van der Waals surface area (Å²) in [7, 11) is 0. The molecule has 0 spiro atoms. The smallest absolute Gasteiger partial charge is 0.372 e. The lowest BCUT2D eigenvalue weighted by molar-refractivity contribution is 0.0659. The maximum atomic E-state index is 10.9. The van der Waals surface area contributed by atoms with Crippen molar-refractivity contribution in [3.8, 4) is 11.5 Å². The summed E-state index contributed by atoms with van der Waals surface area (Å²) in [5, 5.41) is 12.1. The molecule has 1 aromatic carbocycles. The molecule has 1 aliphatic heterocycles. The maximum Gasteiger partial charge on any atom is 0.372 e. The molecule has 1 aromatic heterocycles. The van der Waals surface area contributed by atoms with Gasteiger partial charge < -0.3 is 24.3 Å². The number of rotatable bonds is 5. The first-order chi connectivity index (χ1) is 10.1. The predicted molar refractivity (Wildman–Crippen MR) is 73.5 cm³/mol. The van der Waals surface area contributed by atoms with Crippen molar-refractivity contribution in [1.82, 2.24) is 5.32 Å². The highest BCUT2D eigenvalue weighted by atomic mass is 16.7. The van der Waals surface area contributed by atoms with Gasteiger partial charge in [0.05, 0.1) is 6.54 Å². The van der Waals surface area contributed by atoms with E-state index in [0.717, 1.165) is 17.1 Å². The van der Waals surface area contributed by atoms with Gasteiger partial charge in [0.2, 0.25) is 12.6 Å². The Bertz CT molecular complexity index is 677. The van der Waals surface area contributed by atoms with Gasteiger partial charge in [-0.15, -0.1) is 0 Å². The van der Waals surface area contributed by atoms with E-state index in [-0.39, 0.29) is 12.6 Å². The van der Waals surface area contributed by atoms with Crippen LogP contribution in [0.4, 0.5) is 0 Å². The van der Waals surface area contributed by atoms with Gasteiger partial charge >= 0.3 is 5.97 Å². The largest absolute Gasteiger partial charge is 0.475 e. The van der Waals surface area contributed by atoms with Crippen LogP contribution < -0.4 is 14.8 Å². The molecular formula is C15H15NO5. The summed E-state index contributed by atoms with van der Waals surface area (Å²) in [5.41, 5.74) is 1.61. The van der Waals surface area contributed by atoms with Crippen molar-refractivity contribution >= 4 is 5.97 Å². The summed E-state index contributed by atoms with van der Waals surface area (Å²) in [6.07, 6.45) is 0. The number of aromatic carboxylic acids is 1. The van der Waals surface area contributed by atoms with E-state index in [9.17, 15) is 4.79 Å². The highest BCUT2D eigenvalue weighted by Gasteiger charge is 2.17. The molecule has 21 heavy (non-hydrogen) atoms. The lowest BCUT2D eigenvalue weighted by Gasteiger charge is -2.06. The minimum Gasteiger partial charge on any atom is -0.475 e. The number of aryl methyl sites for hydroxylation is 1. The average molecular weight is 289 g/mol. The zero-order chi connectivity index (χ0) is 14.8. The Morgan fingerprint density at radius 2 is 2.19 bits per heavy atom. The summed E-state index contributed by atoms with van der Waals surface area (Å²) in [5.74, 6) is 1.03. The van der Waals surface area contributed by atoms with Crippen molar-refractivity contribution in [3.05, 3.63) is 46.9 Å². The number of hydrogen-bond donors (Lipinski definition) is 2. The van der Waals surface area contributed by atoms with Crippen molar-refractivity contribution in [1.29, 1.82) is 0 Å². The van der Waals surface area contributed by atoms with Gasteiger partial charge in [0.1, 0.15) is 5.76 Å². The minimum absolute atomic E-state index is 0.0101. The van der Waals surface area contributed by atoms with Crippen molar-refractivity contribution in [3.63, 3.8) is 0 Å². The maximum absolute atomic E-state index is 10.9. The van der Waals surface area contributed by atoms with Crippen molar-refractivity contribution in [2.24, 2.45) is 0 Å². The molecule has 0 amide bonds. The molecule has 2 N–H and O–H groups in total. The van der Waals surface area contributed by atoms with E-state index >= 15 is 0 Å². The summed E-state index contributed by atoms with van der Waals surface area (Å²) < 4.78 is 16.0. The molecule has 110 valence electrons. The normalized spacial score (nSPS) is 12.6. The Morgan fingerprint density at radius 3 is 2.95 bits per heavy atom. The van der Waals surface area contributed by atoms with Crippen LogP contribution in [0.5, 0.6) is 11.5 Å². The number of benzene rings is 1. The molecule has 0 aliphatic carbocycles. The molecule has 0 radical (unpaired) electrons. The van der Waals surface area contributed by atoms with Crippen LogP contribution in [0.3, 0.4) is 0 Å². The fourth-order valence-electron chi connectivity index (χ4n) is 2.30. The van der Waals surface area contributed by atoms with E-state index in [1.165, 1.54) is 0 Å². The van der Waals surface area contributed by atoms with Gasteiger partial charge in [-0.1, -0.05) is 12.1 Å². The lowest BCUT2D eigenvalue weighted by Crippen LogP contribution is -2.12. The molecule has 0 unspecified atom stereocenters. The third kappa shape index (κ3) is 2.71. The van der Waals surface area contributed by atoms with Gasteiger partial charge in [0, 0.05) is 17.7 Å². The van der Waals surface area contributed by atoms with Gasteiger partial charge in [-0.05, 0) is 19.1 Å². The second-order valence-electron chi connectivity index (χ2n) is 4.78. The first-order valence-electron chi connectivity index (χ1n) is 6.56. The van der Waals surface area contributed by atoms with Crippen LogP contribution in [-0.4, -0.2) is 17.9 Å². The quantitative estimate of drug-likeness (QED) is 0.879. The van der Waals surface area contributed by atoms with Crippen LogP contribution in [0.25, 0.3) is 0 Å². The van der Waals surface area contributed by atoms with Crippen LogP contribution >= 0.6 is 0 Å². The number of fused-ring (bicyclic) bond motifs is 1. The predicted octanol–water partition coefficient (Wildman–Crippen LogP) is 2.30. The number of carboxylic acid groups (broad SMARTS) is 1. The molecule has 0 saturated carbocycles. The first kappa shape index (κ1) is 13.5. The number of para-hydroxylation sites is 1. The van der Waals surface area contributed by atoms with Gasteiger partial charge in [0.25, 0.3) is 0 Å². The van der Waals surface area contributed by atoms with Crippen LogP contribution in [0.15, 0.2) is 28.7 Å². The Morgan fingerprint density at radius 1 is 1.33 bits per heavy atom. The second kappa shape index (κ2) is 5.49. The number of carboxylic acids is 1. The number of ether oxygens (including phenoxy) is 2. The van der Waals surface area contributed by atoms with Gasteiger partial charge in [-0.25, -0.2) is 4.79 Å². The Kier molecular flexibility index (Phi) is 3.53. The number of furan rings is 1. The van der Waals surface area contributed by atoms with Crippen LogP contribution in [-0.2, 0) is 13.1 Å². The molecule has 0 saturated heterocycles. The second-order valence-corrected chi connectivity index (χ2v) is 4.78. The van der Waals surface area contributed by atoms with Crippen LogP contribution in [0.2, 0.25) is 0 Å². The summed E-state index contributed by atoms with van der Waals surface area (Å²) in [6.45, 7) is 2.98. The van der Waals surface area contributed by atoms with Crippen molar-refractivity contribution in [2.75, 3.05) is 6.79 Å². The highest BCUT2D eigenvalue weighted by Crippen LogP contribution is 2.35. The number of nitrogens with one attached hydrogen (secondary N) is 1. The number of hydrogen-bond acceptors (Lipinski definition) is 5. The summed E-state index contributed by atoms with van der Waals surface area (Å²) in [6, 6.07) is 7.45. The van der Waals surface area contributed by atoms with Gasteiger partial charge in [-0.3, -0.25) is 0 Å². The standard InChI is InChI=1S/C15H15NO5/c1-9-5-11(21-13(9)15(17)18)7-16-6-10-3-2-4-12-14(10)20-8-19-12/h2-5,16H,6-8H2,1H3,(H,17,18). The summed E-state index contributed by atoms with van der Waals surface area (Å²) >= 11 is 0. The van der Waals surface area contributed by atoms with E-state index in [1.54, 1.807) is 13.0 Å². The molecule has 3 rings (SSSR count). The SMILES string of the molecule is Cc1cc(CNCc2cccc3c2OCO3)oc1C(=O)O. The molecular weight excluding hydrogens is 274 g/mol. The topological polar surface area (TPSA) is 80.9 Å². The molecule has 2 heterocycles. The van der Waals surface area contributed by atoms with E-state index in [4.69, 9.17) is 19.0 Å². The van der Waals surface area contributed by atoms with E-state index in [1.807, 2.05) is 18.2 Å². The fourth-order valence-corrected chi connectivity index (χ4v) is 2.30. The van der Waals surface area contributed by atoms with E-state index < -0.39 is 5.97 Å². The Labute approximate surface area is 121 Å². The molecule has 1 aliphatic rings. The molecule has 6 heteroatoms. The highest BCUT2D eigenvalue weighted by molar-refractivity contribution is 5.86. The summed E-state index contributed by atoms with van der Waals surface area (Å²) in [4.78, 5) is 10.9. The molecule has 0 atom stereocenters. The lowest BCUT2D eigenvalue weighted by atomic mass is 10.2. The third-order valence-corrected chi connectivity index (χ3v) is 3.26. The third-order valence-electron chi connectivity index (χ3n) is 3.26. The zero-order valence-electron chi connectivity index (χ0n) is 11.5. The number of carbonyl (C=O) groups is 1. The van der Waals surface area contributed by atoms with Gasteiger partial charge in [0.15, 0.2) is 11.5 Å². The van der Waals surface area contributed by atoms with Crippen molar-refractivity contribution < 1.29 is 23.8 Å². The van der Waals surface area contributed by atoms with Crippen molar-refractivity contribution in [2.45, 2.75) is 20.0 Å². The van der Waals surface area contributed by atoms with Crippen LogP contribution in [0.1, 0.15) is 27.4 Å². The first-order valence-corrected chi connectivity index (χ1v) is 6.56. The van der Waals surface area contributed by atoms with E-state index in [0.29, 0.717) is 24.4 Å². The molecule has 2 aromatic rings. The molecule has 0 fully saturated rings. The Hall–Kier alpha value is -2.47. The monoisotopic (exact) mass is 289 g/mol. The molecule has 0 bridgehead atoms. The van der Waals surface area contributed by atoms with Gasteiger partial charge in [-0.2, -0.15) is 0 Å². The average Bonchev–Trinajstić information content (AvgIpc) is 3.05.